The largest absolute Gasteiger partial charge is 0.398 e. The van der Waals surface area contributed by atoms with Gasteiger partial charge in [0.1, 0.15) is 0 Å². The number of nitrogen functional groups attached to an aromatic ring is 1. The van der Waals surface area contributed by atoms with Crippen LogP contribution in [0.1, 0.15) is 13.3 Å². The molecule has 1 aliphatic carbocycles. The van der Waals surface area contributed by atoms with Gasteiger partial charge < -0.3 is 5.73 Å². The maximum absolute atomic E-state index is 12.4. The zero-order chi connectivity index (χ0) is 13.6. The second kappa shape index (κ2) is 4.21. The lowest BCUT2D eigenvalue weighted by atomic mass is 10.1. The van der Waals surface area contributed by atoms with E-state index in [0.29, 0.717) is 21.9 Å². The molecule has 100 valence electrons. The van der Waals surface area contributed by atoms with Gasteiger partial charge in [-0.1, -0.05) is 31.2 Å². The van der Waals surface area contributed by atoms with Crippen molar-refractivity contribution in [3.63, 3.8) is 0 Å². The molecule has 0 amide bonds. The fourth-order valence-corrected chi connectivity index (χ4v) is 3.85. The normalized spacial score (nSPS) is 22.6. The average molecular weight is 276 g/mol. The zero-order valence-electron chi connectivity index (χ0n) is 10.6. The summed E-state index contributed by atoms with van der Waals surface area (Å²) in [6.07, 6.45) is 0.909. The Labute approximate surface area is 112 Å². The fourth-order valence-electron chi connectivity index (χ4n) is 2.28. The number of sulfonamides is 1. The van der Waals surface area contributed by atoms with E-state index in [4.69, 9.17) is 5.73 Å². The van der Waals surface area contributed by atoms with Gasteiger partial charge in [-0.3, -0.25) is 0 Å². The van der Waals surface area contributed by atoms with Crippen molar-refractivity contribution in [1.29, 1.82) is 0 Å². The Kier molecular flexibility index (Phi) is 2.76. The highest BCUT2D eigenvalue weighted by Crippen LogP contribution is 2.33. The molecule has 2 aromatic carbocycles. The van der Waals surface area contributed by atoms with Crippen LogP contribution in [0.2, 0.25) is 0 Å². The highest BCUT2D eigenvalue weighted by molar-refractivity contribution is 7.89. The van der Waals surface area contributed by atoms with Gasteiger partial charge in [-0.25, -0.2) is 13.1 Å². The summed E-state index contributed by atoms with van der Waals surface area (Å²) in [5.41, 5.74) is 6.48. The van der Waals surface area contributed by atoms with Crippen molar-refractivity contribution in [1.82, 2.24) is 4.72 Å². The van der Waals surface area contributed by atoms with Crippen LogP contribution < -0.4 is 10.5 Å². The molecule has 1 aliphatic rings. The SMILES string of the molecule is CC1CC1NS(=O)(=O)c1ccc(N)c2ccccc12. The summed E-state index contributed by atoms with van der Waals surface area (Å²) in [7, 11) is -3.48. The minimum atomic E-state index is -3.48. The predicted octanol–water partition coefficient (Wildman–Crippen LogP) is 2.11. The molecular formula is C14H16N2O2S. The maximum Gasteiger partial charge on any atom is 0.241 e. The summed E-state index contributed by atoms with van der Waals surface area (Å²) in [5, 5.41) is 1.44. The molecule has 2 atom stereocenters. The van der Waals surface area contributed by atoms with Crippen LogP contribution in [-0.2, 0) is 10.0 Å². The van der Waals surface area contributed by atoms with E-state index in [-0.39, 0.29) is 6.04 Å². The lowest BCUT2D eigenvalue weighted by Gasteiger charge is -2.10. The van der Waals surface area contributed by atoms with Crippen LogP contribution in [0.5, 0.6) is 0 Å². The number of nitrogens with two attached hydrogens (primary N) is 1. The van der Waals surface area contributed by atoms with Gasteiger partial charge in [-0.2, -0.15) is 0 Å². The number of nitrogens with one attached hydrogen (secondary N) is 1. The van der Waals surface area contributed by atoms with E-state index in [9.17, 15) is 8.42 Å². The van der Waals surface area contributed by atoms with Gasteiger partial charge in [0.2, 0.25) is 10.0 Å². The molecule has 19 heavy (non-hydrogen) atoms. The van der Waals surface area contributed by atoms with Crippen LogP contribution in [0.25, 0.3) is 10.8 Å². The number of benzene rings is 2. The summed E-state index contributed by atoms with van der Waals surface area (Å²) in [6, 6.07) is 10.6. The van der Waals surface area contributed by atoms with Crippen molar-refractivity contribution in [3.8, 4) is 0 Å². The van der Waals surface area contributed by atoms with Crippen molar-refractivity contribution >= 4 is 26.5 Å². The van der Waals surface area contributed by atoms with E-state index in [0.717, 1.165) is 11.8 Å². The molecule has 5 heteroatoms. The van der Waals surface area contributed by atoms with Crippen molar-refractivity contribution in [2.75, 3.05) is 5.73 Å². The van der Waals surface area contributed by atoms with E-state index in [1.807, 2.05) is 25.1 Å². The lowest BCUT2D eigenvalue weighted by molar-refractivity contribution is 0.579. The van der Waals surface area contributed by atoms with Crippen molar-refractivity contribution in [2.24, 2.45) is 5.92 Å². The summed E-state index contributed by atoms with van der Waals surface area (Å²) < 4.78 is 27.5. The first-order chi connectivity index (χ1) is 8.99. The molecule has 1 saturated carbocycles. The Morgan fingerprint density at radius 3 is 2.42 bits per heavy atom. The van der Waals surface area contributed by atoms with Crippen LogP contribution in [0.3, 0.4) is 0 Å². The third-order valence-electron chi connectivity index (χ3n) is 3.62. The molecule has 4 nitrogen and oxygen atoms in total. The van der Waals surface area contributed by atoms with E-state index < -0.39 is 10.0 Å². The second-order valence-electron chi connectivity index (χ2n) is 5.14. The van der Waals surface area contributed by atoms with Crippen molar-refractivity contribution in [3.05, 3.63) is 36.4 Å². The summed E-state index contributed by atoms with van der Waals surface area (Å²) in [6.45, 7) is 2.04. The van der Waals surface area contributed by atoms with Crippen molar-refractivity contribution < 1.29 is 8.42 Å². The highest BCUT2D eigenvalue weighted by atomic mass is 32.2. The Morgan fingerprint density at radius 1 is 1.16 bits per heavy atom. The van der Waals surface area contributed by atoms with E-state index >= 15 is 0 Å². The first kappa shape index (κ1) is 12.4. The Bertz CT molecular complexity index is 740. The van der Waals surface area contributed by atoms with Crippen LogP contribution in [-0.4, -0.2) is 14.5 Å². The molecule has 0 aromatic heterocycles. The molecule has 2 aromatic rings. The Morgan fingerprint density at radius 2 is 1.79 bits per heavy atom. The molecule has 3 rings (SSSR count). The average Bonchev–Trinajstić information content (AvgIpc) is 3.04. The molecule has 3 N–H and O–H groups in total. The van der Waals surface area contributed by atoms with Gasteiger partial charge >= 0.3 is 0 Å². The third kappa shape index (κ3) is 2.19. The molecular weight excluding hydrogens is 260 g/mol. The summed E-state index contributed by atoms with van der Waals surface area (Å²) >= 11 is 0. The quantitative estimate of drug-likeness (QED) is 0.843. The van der Waals surface area contributed by atoms with Crippen LogP contribution >= 0.6 is 0 Å². The monoisotopic (exact) mass is 276 g/mol. The summed E-state index contributed by atoms with van der Waals surface area (Å²) in [5.74, 6) is 0.426. The number of hydrogen-bond acceptors (Lipinski definition) is 3. The minimum Gasteiger partial charge on any atom is -0.398 e. The Hall–Kier alpha value is -1.59. The van der Waals surface area contributed by atoms with E-state index in [1.165, 1.54) is 0 Å². The molecule has 0 heterocycles. The van der Waals surface area contributed by atoms with Gasteiger partial charge in [0.05, 0.1) is 4.90 Å². The number of fused-ring (bicyclic) bond motifs is 1. The molecule has 0 bridgehead atoms. The van der Waals surface area contributed by atoms with Gasteiger partial charge in [-0.15, -0.1) is 0 Å². The van der Waals surface area contributed by atoms with E-state index in [1.54, 1.807) is 18.2 Å². The van der Waals surface area contributed by atoms with Crippen LogP contribution in [0, 0.1) is 5.92 Å². The molecule has 2 unspecified atom stereocenters. The van der Waals surface area contributed by atoms with Crippen LogP contribution in [0.15, 0.2) is 41.3 Å². The molecule has 0 radical (unpaired) electrons. The maximum atomic E-state index is 12.4. The minimum absolute atomic E-state index is 0.0707. The number of anilines is 1. The topological polar surface area (TPSA) is 72.2 Å². The smallest absolute Gasteiger partial charge is 0.241 e. The van der Waals surface area contributed by atoms with Crippen LogP contribution in [0.4, 0.5) is 5.69 Å². The zero-order valence-corrected chi connectivity index (χ0v) is 11.4. The molecule has 0 saturated heterocycles. The van der Waals surface area contributed by atoms with Crippen molar-refractivity contribution in [2.45, 2.75) is 24.3 Å². The molecule has 0 aliphatic heterocycles. The van der Waals surface area contributed by atoms with Gasteiger partial charge in [-0.05, 0) is 24.5 Å². The second-order valence-corrected chi connectivity index (χ2v) is 6.82. The highest BCUT2D eigenvalue weighted by Gasteiger charge is 2.36. The molecule has 1 fully saturated rings. The summed E-state index contributed by atoms with van der Waals surface area (Å²) in [4.78, 5) is 0.302. The fraction of sp³-hybridized carbons (Fsp3) is 0.286. The van der Waals surface area contributed by atoms with Gasteiger partial charge in [0, 0.05) is 22.5 Å². The number of hydrogen-bond donors (Lipinski definition) is 2. The Balaban J connectivity index is 2.12. The number of rotatable bonds is 3. The standard InChI is InChI=1S/C14H16N2O2S/c1-9-8-13(9)16-19(17,18)14-7-6-12(15)10-4-2-3-5-11(10)14/h2-7,9,13,16H,8,15H2,1H3. The molecule has 0 spiro atoms. The first-order valence-electron chi connectivity index (χ1n) is 6.28. The predicted molar refractivity (Wildman–Crippen MR) is 76.3 cm³/mol. The third-order valence-corrected chi connectivity index (χ3v) is 5.17. The lowest BCUT2D eigenvalue weighted by Crippen LogP contribution is -2.27. The first-order valence-corrected chi connectivity index (χ1v) is 7.77. The van der Waals surface area contributed by atoms with Gasteiger partial charge in [0.25, 0.3) is 0 Å². The van der Waals surface area contributed by atoms with Gasteiger partial charge in [0.15, 0.2) is 0 Å². The van der Waals surface area contributed by atoms with E-state index in [2.05, 4.69) is 4.72 Å².